The lowest BCUT2D eigenvalue weighted by Gasteiger charge is -2.13. The molecule has 0 unspecified atom stereocenters. The third-order valence-corrected chi connectivity index (χ3v) is 3.60. The summed E-state index contributed by atoms with van der Waals surface area (Å²) < 4.78 is 15.3. The monoisotopic (exact) mass is 473 g/mol. The van der Waals surface area contributed by atoms with Gasteiger partial charge in [0, 0.05) is 26.6 Å². The van der Waals surface area contributed by atoms with Crippen molar-refractivity contribution in [3.05, 3.63) is 53.5 Å². The summed E-state index contributed by atoms with van der Waals surface area (Å²) in [4.78, 5) is 16.0. The predicted octanol–water partition coefficient (Wildman–Crippen LogP) is 2.60. The number of furan rings is 1. The Labute approximate surface area is 170 Å². The van der Waals surface area contributed by atoms with Crippen LogP contribution in [0.5, 0.6) is 5.75 Å². The molecule has 0 atom stereocenters. The third-order valence-electron chi connectivity index (χ3n) is 3.60. The first kappa shape index (κ1) is 21.8. The van der Waals surface area contributed by atoms with Gasteiger partial charge in [-0.2, -0.15) is 0 Å². The summed E-state index contributed by atoms with van der Waals surface area (Å²) >= 11 is 0. The van der Waals surface area contributed by atoms with Gasteiger partial charge in [0.2, 0.25) is 0 Å². The first-order valence-electron chi connectivity index (χ1n) is 7.90. The van der Waals surface area contributed by atoms with Crippen molar-refractivity contribution in [2.45, 2.75) is 13.0 Å². The van der Waals surface area contributed by atoms with Crippen molar-refractivity contribution >= 4 is 35.9 Å². The molecule has 26 heavy (non-hydrogen) atoms. The van der Waals surface area contributed by atoms with Gasteiger partial charge in [-0.1, -0.05) is 6.07 Å². The van der Waals surface area contributed by atoms with E-state index >= 15 is 0 Å². The number of carbonyl (C=O) groups excluding carboxylic acids is 1. The molecule has 0 amide bonds. The lowest BCUT2D eigenvalue weighted by Crippen LogP contribution is -2.37. The van der Waals surface area contributed by atoms with Crippen LogP contribution in [-0.4, -0.2) is 39.7 Å². The number of nitrogens with zero attached hydrogens (tertiary/aromatic N) is 1. The van der Waals surface area contributed by atoms with Crippen LogP contribution in [0.25, 0.3) is 0 Å². The van der Waals surface area contributed by atoms with Crippen LogP contribution in [0.15, 0.2) is 46.0 Å². The van der Waals surface area contributed by atoms with Gasteiger partial charge in [0.15, 0.2) is 5.96 Å². The van der Waals surface area contributed by atoms with Crippen LogP contribution < -0.4 is 15.4 Å². The number of rotatable bonds is 7. The Bertz CT molecular complexity index is 717. The number of esters is 1. The van der Waals surface area contributed by atoms with Crippen LogP contribution in [0.4, 0.5) is 0 Å². The molecular formula is C18H24IN3O4. The Morgan fingerprint density at radius 1 is 1.23 bits per heavy atom. The van der Waals surface area contributed by atoms with Crippen molar-refractivity contribution in [2.24, 2.45) is 4.99 Å². The first-order valence-corrected chi connectivity index (χ1v) is 7.90. The Morgan fingerprint density at radius 3 is 2.65 bits per heavy atom. The van der Waals surface area contributed by atoms with E-state index in [1.54, 1.807) is 25.4 Å². The summed E-state index contributed by atoms with van der Waals surface area (Å²) in [6, 6.07) is 9.17. The van der Waals surface area contributed by atoms with E-state index in [1.165, 1.54) is 14.2 Å². The number of guanidine groups is 1. The minimum absolute atomic E-state index is 0. The second-order valence-corrected chi connectivity index (χ2v) is 5.21. The predicted molar refractivity (Wildman–Crippen MR) is 110 cm³/mol. The number of methoxy groups -OCH3 is 2. The van der Waals surface area contributed by atoms with E-state index in [0.29, 0.717) is 30.4 Å². The second-order valence-electron chi connectivity index (χ2n) is 5.21. The van der Waals surface area contributed by atoms with Crippen LogP contribution in [0.2, 0.25) is 0 Å². The topological polar surface area (TPSA) is 85.1 Å². The summed E-state index contributed by atoms with van der Waals surface area (Å²) in [6.45, 7) is 1.21. The molecule has 0 aliphatic rings. The Balaban J connectivity index is 0.00000338. The average molecular weight is 473 g/mol. The average Bonchev–Trinajstić information content (AvgIpc) is 3.17. The molecule has 0 fully saturated rings. The van der Waals surface area contributed by atoms with E-state index in [0.717, 1.165) is 17.7 Å². The van der Waals surface area contributed by atoms with E-state index in [-0.39, 0.29) is 24.0 Å². The van der Waals surface area contributed by atoms with Gasteiger partial charge >= 0.3 is 5.97 Å². The number of aliphatic imine (C=N–C) groups is 1. The maximum atomic E-state index is 11.8. The molecule has 0 bridgehead atoms. The molecule has 2 N–H and O–H groups in total. The molecule has 0 saturated carbocycles. The molecule has 8 heteroatoms. The van der Waals surface area contributed by atoms with Crippen molar-refractivity contribution in [1.29, 1.82) is 0 Å². The van der Waals surface area contributed by atoms with Crippen LogP contribution in [-0.2, 0) is 17.7 Å². The summed E-state index contributed by atoms with van der Waals surface area (Å²) in [6.07, 6.45) is 2.42. The van der Waals surface area contributed by atoms with E-state index in [1.807, 2.05) is 18.2 Å². The van der Waals surface area contributed by atoms with Gasteiger partial charge in [-0.25, -0.2) is 4.79 Å². The summed E-state index contributed by atoms with van der Waals surface area (Å²) in [5.74, 6) is 1.64. The van der Waals surface area contributed by atoms with Crippen molar-refractivity contribution in [3.63, 3.8) is 0 Å². The molecule has 7 nitrogen and oxygen atoms in total. The highest BCUT2D eigenvalue weighted by atomic mass is 127. The number of ether oxygens (including phenoxy) is 2. The first-order chi connectivity index (χ1) is 12.2. The quantitative estimate of drug-likeness (QED) is 0.279. The number of hydrogen-bond acceptors (Lipinski definition) is 5. The molecule has 142 valence electrons. The Hall–Kier alpha value is -2.23. The molecule has 0 saturated heterocycles. The number of benzene rings is 1. The number of halogens is 1. The number of nitrogens with one attached hydrogen (secondary N) is 2. The second kappa shape index (κ2) is 11.4. The van der Waals surface area contributed by atoms with Gasteiger partial charge in [0.25, 0.3) is 0 Å². The zero-order valence-corrected chi connectivity index (χ0v) is 17.4. The SMILES string of the molecule is CN=C(NCCc1ccco1)NCc1ccc(OC)c(C(=O)OC)c1.I. The lowest BCUT2D eigenvalue weighted by atomic mass is 10.1. The fraction of sp³-hybridized carbons (Fsp3) is 0.333. The molecule has 2 aromatic rings. The number of hydrogen-bond donors (Lipinski definition) is 2. The van der Waals surface area contributed by atoms with Crippen molar-refractivity contribution in [2.75, 3.05) is 27.8 Å². The minimum Gasteiger partial charge on any atom is -0.496 e. The van der Waals surface area contributed by atoms with Gasteiger partial charge < -0.3 is 24.5 Å². The van der Waals surface area contributed by atoms with Gasteiger partial charge in [-0.05, 0) is 29.8 Å². The molecular weight excluding hydrogens is 449 g/mol. The summed E-state index contributed by atoms with van der Waals surface area (Å²) in [7, 11) is 4.57. The van der Waals surface area contributed by atoms with E-state index < -0.39 is 5.97 Å². The molecule has 1 aromatic heterocycles. The summed E-state index contributed by atoms with van der Waals surface area (Å²) in [5, 5.41) is 6.41. The molecule has 1 heterocycles. The molecule has 0 aliphatic heterocycles. The highest BCUT2D eigenvalue weighted by Gasteiger charge is 2.13. The minimum atomic E-state index is -0.431. The van der Waals surface area contributed by atoms with Crippen molar-refractivity contribution in [1.82, 2.24) is 10.6 Å². The largest absolute Gasteiger partial charge is 0.496 e. The van der Waals surface area contributed by atoms with Crippen LogP contribution in [0, 0.1) is 0 Å². The van der Waals surface area contributed by atoms with Gasteiger partial charge in [0.1, 0.15) is 17.1 Å². The zero-order chi connectivity index (χ0) is 18.1. The normalized spacial score (nSPS) is 10.7. The van der Waals surface area contributed by atoms with Crippen molar-refractivity contribution < 1.29 is 18.7 Å². The zero-order valence-electron chi connectivity index (χ0n) is 15.1. The van der Waals surface area contributed by atoms with Crippen molar-refractivity contribution in [3.8, 4) is 5.75 Å². The van der Waals surface area contributed by atoms with Gasteiger partial charge in [0.05, 0.1) is 20.5 Å². The third kappa shape index (κ3) is 6.25. The van der Waals surface area contributed by atoms with Crippen LogP contribution >= 0.6 is 24.0 Å². The molecule has 0 spiro atoms. The fourth-order valence-corrected chi connectivity index (χ4v) is 2.30. The fourth-order valence-electron chi connectivity index (χ4n) is 2.30. The maximum Gasteiger partial charge on any atom is 0.341 e. The van der Waals surface area contributed by atoms with Gasteiger partial charge in [-0.15, -0.1) is 24.0 Å². The Morgan fingerprint density at radius 2 is 2.04 bits per heavy atom. The highest BCUT2D eigenvalue weighted by Crippen LogP contribution is 2.20. The smallest absolute Gasteiger partial charge is 0.341 e. The van der Waals surface area contributed by atoms with E-state index in [2.05, 4.69) is 15.6 Å². The number of carbonyl (C=O) groups is 1. The summed E-state index contributed by atoms with van der Waals surface area (Å²) in [5.41, 5.74) is 1.31. The highest BCUT2D eigenvalue weighted by molar-refractivity contribution is 14.0. The van der Waals surface area contributed by atoms with Gasteiger partial charge in [-0.3, -0.25) is 4.99 Å². The standard InChI is InChI=1S/C18H23N3O4.HI/c1-19-18(20-9-8-14-5-4-10-25-14)21-12-13-6-7-16(23-2)15(11-13)17(22)24-3;/h4-7,10-11H,8-9,12H2,1-3H3,(H2,19,20,21);1H. The molecule has 2 rings (SSSR count). The van der Waals surface area contributed by atoms with E-state index in [4.69, 9.17) is 13.9 Å². The maximum absolute atomic E-state index is 11.8. The van der Waals surface area contributed by atoms with Crippen LogP contribution in [0.1, 0.15) is 21.7 Å². The molecule has 1 aromatic carbocycles. The Kier molecular flexibility index (Phi) is 9.56. The molecule has 0 aliphatic carbocycles. The molecule has 0 radical (unpaired) electrons. The lowest BCUT2D eigenvalue weighted by molar-refractivity contribution is 0.0597. The van der Waals surface area contributed by atoms with E-state index in [9.17, 15) is 4.79 Å². The van der Waals surface area contributed by atoms with Crippen LogP contribution in [0.3, 0.4) is 0 Å².